The molecule has 1 atom stereocenters. The van der Waals surface area contributed by atoms with Crippen LogP contribution in [0.2, 0.25) is 0 Å². The predicted molar refractivity (Wildman–Crippen MR) is 72.4 cm³/mol. The summed E-state index contributed by atoms with van der Waals surface area (Å²) in [7, 11) is 0. The Morgan fingerprint density at radius 1 is 1.47 bits per heavy atom. The monoisotopic (exact) mass is 262 g/mol. The molecule has 0 fully saturated rings. The number of nitrogens with one attached hydrogen (secondary N) is 1. The molecule has 0 saturated carbocycles. The summed E-state index contributed by atoms with van der Waals surface area (Å²) < 4.78 is 1.76. The van der Waals surface area contributed by atoms with E-state index in [0.717, 1.165) is 11.2 Å². The highest BCUT2D eigenvalue weighted by molar-refractivity contribution is 5.72. The van der Waals surface area contributed by atoms with E-state index in [9.17, 15) is 4.79 Å². The minimum absolute atomic E-state index is 0.337. The van der Waals surface area contributed by atoms with E-state index < -0.39 is 11.9 Å². The van der Waals surface area contributed by atoms with Crippen molar-refractivity contribution in [2.45, 2.75) is 26.7 Å². The zero-order valence-electron chi connectivity index (χ0n) is 11.3. The molecule has 0 saturated heterocycles. The minimum atomic E-state index is -0.823. The number of fused-ring (bicyclic) bond motifs is 1. The molecule has 2 rings (SSSR count). The molecule has 2 aromatic rings. The van der Waals surface area contributed by atoms with Crippen molar-refractivity contribution in [2.24, 2.45) is 5.92 Å². The molecule has 102 valence electrons. The second-order valence-corrected chi connectivity index (χ2v) is 4.95. The maximum Gasteiger partial charge on any atom is 0.308 e. The molecule has 0 aromatic carbocycles. The Labute approximate surface area is 111 Å². The molecule has 6 heteroatoms. The highest BCUT2D eigenvalue weighted by Crippen LogP contribution is 2.19. The lowest BCUT2D eigenvalue weighted by molar-refractivity contribution is -0.140. The van der Waals surface area contributed by atoms with Crippen LogP contribution in [0, 0.1) is 5.92 Å². The van der Waals surface area contributed by atoms with Crippen LogP contribution in [0.25, 0.3) is 5.52 Å². The Balaban J connectivity index is 2.25. The summed E-state index contributed by atoms with van der Waals surface area (Å²) in [4.78, 5) is 15.0. The van der Waals surface area contributed by atoms with E-state index in [0.29, 0.717) is 18.3 Å². The molecular formula is C13H18N4O2. The summed E-state index contributed by atoms with van der Waals surface area (Å²) in [5, 5.41) is 16.4. The zero-order valence-corrected chi connectivity index (χ0v) is 11.3. The van der Waals surface area contributed by atoms with Gasteiger partial charge in [-0.15, -0.1) is 0 Å². The second kappa shape index (κ2) is 5.26. The van der Waals surface area contributed by atoms with E-state index in [1.165, 1.54) is 0 Å². The molecule has 0 bridgehead atoms. The zero-order chi connectivity index (χ0) is 14.0. The summed E-state index contributed by atoms with van der Waals surface area (Å²) in [6.07, 6.45) is 3.44. The van der Waals surface area contributed by atoms with Crippen molar-refractivity contribution in [3.63, 3.8) is 0 Å². The van der Waals surface area contributed by atoms with Gasteiger partial charge in [-0.05, 0) is 12.0 Å². The summed E-state index contributed by atoms with van der Waals surface area (Å²) in [6.45, 7) is 6.15. The van der Waals surface area contributed by atoms with Gasteiger partial charge in [0.2, 0.25) is 0 Å². The summed E-state index contributed by atoms with van der Waals surface area (Å²) >= 11 is 0. The maximum atomic E-state index is 10.8. The summed E-state index contributed by atoms with van der Waals surface area (Å²) in [5.74, 6) is -0.286. The topological polar surface area (TPSA) is 79.5 Å². The first kappa shape index (κ1) is 13.3. The van der Waals surface area contributed by atoms with Crippen LogP contribution in [0.4, 0.5) is 5.82 Å². The average Bonchev–Trinajstić information content (AvgIpc) is 2.80. The second-order valence-electron chi connectivity index (χ2n) is 4.95. The molecule has 2 aromatic heterocycles. The highest BCUT2D eigenvalue weighted by atomic mass is 16.4. The number of anilines is 1. The van der Waals surface area contributed by atoms with Gasteiger partial charge in [-0.3, -0.25) is 4.79 Å². The average molecular weight is 262 g/mol. The Hall–Kier alpha value is -2.11. The van der Waals surface area contributed by atoms with Crippen LogP contribution >= 0.6 is 0 Å². The van der Waals surface area contributed by atoms with Gasteiger partial charge in [-0.2, -0.15) is 5.10 Å². The first-order valence-electron chi connectivity index (χ1n) is 6.30. The third-order valence-corrected chi connectivity index (χ3v) is 3.00. The largest absolute Gasteiger partial charge is 0.481 e. The highest BCUT2D eigenvalue weighted by Gasteiger charge is 2.13. The molecule has 0 aliphatic carbocycles. The fourth-order valence-corrected chi connectivity index (χ4v) is 1.70. The lowest BCUT2D eigenvalue weighted by Crippen LogP contribution is -2.20. The van der Waals surface area contributed by atoms with Crippen LogP contribution in [0.5, 0.6) is 0 Å². The first-order valence-corrected chi connectivity index (χ1v) is 6.30. The minimum Gasteiger partial charge on any atom is -0.481 e. The summed E-state index contributed by atoms with van der Waals surface area (Å²) in [5.41, 5.74) is 1.85. The van der Waals surface area contributed by atoms with Crippen LogP contribution in [0.1, 0.15) is 32.4 Å². The van der Waals surface area contributed by atoms with Crippen molar-refractivity contribution in [2.75, 3.05) is 11.9 Å². The molecule has 19 heavy (non-hydrogen) atoms. The van der Waals surface area contributed by atoms with E-state index in [1.807, 2.05) is 6.07 Å². The molecule has 2 heterocycles. The molecule has 0 amide bonds. The van der Waals surface area contributed by atoms with E-state index in [4.69, 9.17) is 5.11 Å². The fourth-order valence-electron chi connectivity index (χ4n) is 1.70. The van der Waals surface area contributed by atoms with Crippen molar-refractivity contribution in [1.82, 2.24) is 14.6 Å². The quantitative estimate of drug-likeness (QED) is 0.861. The van der Waals surface area contributed by atoms with Crippen LogP contribution in [-0.4, -0.2) is 32.2 Å². The predicted octanol–water partition coefficient (Wildman–Crippen LogP) is 1.99. The van der Waals surface area contributed by atoms with Crippen molar-refractivity contribution in [3.8, 4) is 0 Å². The van der Waals surface area contributed by atoms with Gasteiger partial charge in [0.15, 0.2) is 5.82 Å². The third kappa shape index (κ3) is 2.83. The van der Waals surface area contributed by atoms with E-state index in [2.05, 4.69) is 29.2 Å². The fraction of sp³-hybridized carbons (Fsp3) is 0.462. The normalized spacial score (nSPS) is 12.8. The van der Waals surface area contributed by atoms with Gasteiger partial charge in [0, 0.05) is 18.9 Å². The Morgan fingerprint density at radius 2 is 2.21 bits per heavy atom. The Kier molecular flexibility index (Phi) is 3.69. The lowest BCUT2D eigenvalue weighted by Gasteiger charge is -2.09. The van der Waals surface area contributed by atoms with E-state index in [1.54, 1.807) is 23.8 Å². The lowest BCUT2D eigenvalue weighted by atomic mass is 10.1. The molecule has 0 spiro atoms. The van der Waals surface area contributed by atoms with Gasteiger partial charge in [0.25, 0.3) is 0 Å². The molecular weight excluding hydrogens is 244 g/mol. The number of rotatable bonds is 5. The number of nitrogens with zero attached hydrogens (tertiary/aromatic N) is 3. The van der Waals surface area contributed by atoms with Gasteiger partial charge < -0.3 is 10.4 Å². The van der Waals surface area contributed by atoms with Crippen LogP contribution in [-0.2, 0) is 4.79 Å². The van der Waals surface area contributed by atoms with Crippen molar-refractivity contribution in [1.29, 1.82) is 0 Å². The van der Waals surface area contributed by atoms with Crippen molar-refractivity contribution < 1.29 is 9.90 Å². The molecule has 6 nitrogen and oxygen atoms in total. The third-order valence-electron chi connectivity index (χ3n) is 3.00. The SMILES string of the molecule is CC(CNc1nccn2nc(C(C)C)cc12)C(=O)O. The van der Waals surface area contributed by atoms with Crippen LogP contribution < -0.4 is 5.32 Å². The van der Waals surface area contributed by atoms with Gasteiger partial charge >= 0.3 is 5.97 Å². The van der Waals surface area contributed by atoms with Crippen molar-refractivity contribution >= 4 is 17.3 Å². The van der Waals surface area contributed by atoms with Crippen LogP contribution in [0.3, 0.4) is 0 Å². The van der Waals surface area contributed by atoms with Gasteiger partial charge in [0.1, 0.15) is 5.52 Å². The summed E-state index contributed by atoms with van der Waals surface area (Å²) in [6, 6.07) is 1.98. The number of carbonyl (C=O) groups is 1. The van der Waals surface area contributed by atoms with Gasteiger partial charge in [-0.1, -0.05) is 20.8 Å². The number of aromatic nitrogens is 3. The number of hydrogen-bond donors (Lipinski definition) is 2. The molecule has 0 radical (unpaired) electrons. The van der Waals surface area contributed by atoms with Gasteiger partial charge in [-0.25, -0.2) is 9.50 Å². The Bertz CT molecular complexity index is 591. The smallest absolute Gasteiger partial charge is 0.308 e. The maximum absolute atomic E-state index is 10.8. The molecule has 2 N–H and O–H groups in total. The standard InChI is InChI=1S/C13H18N4O2/c1-8(2)10-6-11-12(14-4-5-17(11)16-10)15-7-9(3)13(18)19/h4-6,8-9H,7H2,1-3H3,(H,14,15)(H,18,19). The van der Waals surface area contributed by atoms with E-state index >= 15 is 0 Å². The molecule has 0 aliphatic rings. The number of carboxylic acids is 1. The van der Waals surface area contributed by atoms with Crippen molar-refractivity contribution in [3.05, 3.63) is 24.2 Å². The Morgan fingerprint density at radius 3 is 2.84 bits per heavy atom. The van der Waals surface area contributed by atoms with Gasteiger partial charge in [0.05, 0.1) is 11.6 Å². The molecule has 0 aliphatic heterocycles. The first-order chi connectivity index (χ1) is 8.99. The molecule has 1 unspecified atom stereocenters. The number of carboxylic acid groups (broad SMARTS) is 1. The number of aliphatic carboxylic acids is 1. The van der Waals surface area contributed by atoms with Crippen LogP contribution in [0.15, 0.2) is 18.5 Å². The van der Waals surface area contributed by atoms with E-state index in [-0.39, 0.29) is 0 Å². The number of hydrogen-bond acceptors (Lipinski definition) is 4.